The number of halogens is 1. The fraction of sp³-hybridized carbons (Fsp3) is 0.0800. The van der Waals surface area contributed by atoms with Gasteiger partial charge in [0.05, 0.1) is 28.4 Å². The number of rotatable bonds is 2. The van der Waals surface area contributed by atoms with Crippen LogP contribution in [0.25, 0.3) is 21.8 Å². The molecule has 1 unspecified atom stereocenters. The molecule has 0 spiro atoms. The molecule has 0 saturated heterocycles. The summed E-state index contributed by atoms with van der Waals surface area (Å²) >= 11 is 0. The Hall–Kier alpha value is -3.86. The van der Waals surface area contributed by atoms with E-state index >= 15 is 0 Å². The minimum Gasteiger partial charge on any atom is -0.494 e. The van der Waals surface area contributed by atoms with Gasteiger partial charge in [-0.05, 0) is 29.3 Å². The van der Waals surface area contributed by atoms with Crippen molar-refractivity contribution in [2.24, 2.45) is 12.0 Å². The van der Waals surface area contributed by atoms with E-state index in [9.17, 15) is 9.50 Å². The monoisotopic (exact) mass is 395 g/mol. The van der Waals surface area contributed by atoms with Gasteiger partial charge in [0, 0.05) is 29.5 Å². The summed E-state index contributed by atoms with van der Waals surface area (Å²) in [4.78, 5) is 8.28. The third kappa shape index (κ3) is 2.17. The molecule has 30 heavy (non-hydrogen) atoms. The van der Waals surface area contributed by atoms with Crippen molar-refractivity contribution in [1.29, 1.82) is 0 Å². The summed E-state index contributed by atoms with van der Waals surface area (Å²) in [5.74, 6) is -0.514. The summed E-state index contributed by atoms with van der Waals surface area (Å²) in [7, 11) is 1.67. The van der Waals surface area contributed by atoms with E-state index in [0.717, 1.165) is 33.4 Å². The first-order chi connectivity index (χ1) is 14.6. The maximum Gasteiger partial charge on any atom is 0.201 e. The van der Waals surface area contributed by atoms with Crippen molar-refractivity contribution < 1.29 is 9.50 Å². The lowest BCUT2D eigenvalue weighted by Crippen LogP contribution is -2.11. The molecule has 6 rings (SSSR count). The molecule has 1 atom stereocenters. The van der Waals surface area contributed by atoms with E-state index in [1.165, 1.54) is 10.6 Å². The standard InChI is InChI=1S/C25H18FN3O/c1-29-24-16(9-6-10-18(24)26)22(25(29)30)23-21(15-8-3-5-12-20(15)28-23)17-13-27-19-11-4-2-7-14(17)19/h2-13,21,27,30H,1H3. The van der Waals surface area contributed by atoms with E-state index in [0.29, 0.717) is 16.5 Å². The highest BCUT2D eigenvalue weighted by molar-refractivity contribution is 6.20. The van der Waals surface area contributed by atoms with E-state index in [1.807, 2.05) is 48.7 Å². The van der Waals surface area contributed by atoms with Crippen LogP contribution in [-0.4, -0.2) is 20.4 Å². The summed E-state index contributed by atoms with van der Waals surface area (Å²) in [6.07, 6.45) is 2.01. The van der Waals surface area contributed by atoms with Crippen molar-refractivity contribution in [3.63, 3.8) is 0 Å². The van der Waals surface area contributed by atoms with Crippen LogP contribution < -0.4 is 0 Å². The Morgan fingerprint density at radius 1 is 0.933 bits per heavy atom. The van der Waals surface area contributed by atoms with Gasteiger partial charge in [0.15, 0.2) is 0 Å². The lowest BCUT2D eigenvalue weighted by Gasteiger charge is -2.15. The lowest BCUT2D eigenvalue weighted by atomic mass is 9.85. The van der Waals surface area contributed by atoms with Gasteiger partial charge in [-0.2, -0.15) is 0 Å². The Bertz CT molecular complexity index is 1490. The van der Waals surface area contributed by atoms with Gasteiger partial charge in [-0.15, -0.1) is 0 Å². The second-order valence-electron chi connectivity index (χ2n) is 7.67. The zero-order chi connectivity index (χ0) is 20.4. The summed E-state index contributed by atoms with van der Waals surface area (Å²) in [5.41, 5.74) is 5.77. The highest BCUT2D eigenvalue weighted by Gasteiger charge is 2.35. The van der Waals surface area contributed by atoms with Crippen molar-refractivity contribution in [2.75, 3.05) is 0 Å². The Balaban J connectivity index is 1.67. The Morgan fingerprint density at radius 2 is 1.70 bits per heavy atom. The minimum absolute atomic E-state index is 0.0199. The number of fused-ring (bicyclic) bond motifs is 3. The SMILES string of the molecule is Cn1c(O)c(C2=Nc3ccccc3C2c2c[nH]c3ccccc23)c2cccc(F)c21. The first kappa shape index (κ1) is 17.0. The van der Waals surface area contributed by atoms with Gasteiger partial charge in [-0.25, -0.2) is 4.39 Å². The molecule has 3 heterocycles. The molecule has 4 nitrogen and oxygen atoms in total. The third-order valence-electron chi connectivity index (χ3n) is 6.08. The highest BCUT2D eigenvalue weighted by Crippen LogP contribution is 2.46. The number of benzene rings is 3. The van der Waals surface area contributed by atoms with Crippen molar-refractivity contribution >= 4 is 33.2 Å². The van der Waals surface area contributed by atoms with Crippen LogP contribution in [0.4, 0.5) is 10.1 Å². The van der Waals surface area contributed by atoms with Crippen molar-refractivity contribution in [1.82, 2.24) is 9.55 Å². The molecule has 0 aliphatic carbocycles. The number of nitrogens with one attached hydrogen (secondary N) is 1. The predicted molar refractivity (Wildman–Crippen MR) is 117 cm³/mol. The number of nitrogens with zero attached hydrogens (tertiary/aromatic N) is 2. The van der Waals surface area contributed by atoms with Crippen LogP contribution >= 0.6 is 0 Å². The molecule has 0 saturated carbocycles. The minimum atomic E-state index is -0.365. The number of aliphatic imine (C=N–C) groups is 1. The molecule has 5 aromatic rings. The third-order valence-corrected chi connectivity index (χ3v) is 6.08. The normalized spacial score (nSPS) is 15.7. The molecule has 2 N–H and O–H groups in total. The molecule has 1 aliphatic rings. The quantitative estimate of drug-likeness (QED) is 0.392. The zero-order valence-electron chi connectivity index (χ0n) is 16.2. The zero-order valence-corrected chi connectivity index (χ0v) is 16.2. The molecule has 0 bridgehead atoms. The molecule has 0 radical (unpaired) electrons. The number of hydrogen-bond acceptors (Lipinski definition) is 2. The Morgan fingerprint density at radius 3 is 2.60 bits per heavy atom. The van der Waals surface area contributed by atoms with Crippen molar-refractivity contribution in [3.05, 3.63) is 95.4 Å². The average molecular weight is 395 g/mol. The molecule has 146 valence electrons. The number of aromatic nitrogens is 2. The summed E-state index contributed by atoms with van der Waals surface area (Å²) in [5, 5.41) is 12.8. The first-order valence-electron chi connectivity index (χ1n) is 9.85. The molecule has 3 aromatic carbocycles. The van der Waals surface area contributed by atoms with Crippen molar-refractivity contribution in [3.8, 4) is 5.88 Å². The number of hydrogen-bond donors (Lipinski definition) is 2. The van der Waals surface area contributed by atoms with Crippen LogP contribution in [0.5, 0.6) is 5.88 Å². The lowest BCUT2D eigenvalue weighted by molar-refractivity contribution is 0.433. The number of aryl methyl sites for hydroxylation is 1. The predicted octanol–water partition coefficient (Wildman–Crippen LogP) is 5.77. The maximum atomic E-state index is 14.6. The molecule has 1 aliphatic heterocycles. The highest BCUT2D eigenvalue weighted by atomic mass is 19.1. The second kappa shape index (κ2) is 6.07. The van der Waals surface area contributed by atoms with E-state index in [2.05, 4.69) is 17.1 Å². The molecular weight excluding hydrogens is 377 g/mol. The Labute approximate surface area is 171 Å². The van der Waals surface area contributed by atoms with E-state index in [1.54, 1.807) is 13.1 Å². The fourth-order valence-electron chi connectivity index (χ4n) is 4.73. The van der Waals surface area contributed by atoms with Gasteiger partial charge in [0.1, 0.15) is 5.82 Å². The first-order valence-corrected chi connectivity index (χ1v) is 9.85. The number of aromatic hydroxyl groups is 1. The van der Waals surface area contributed by atoms with Crippen molar-refractivity contribution in [2.45, 2.75) is 5.92 Å². The summed E-state index contributed by atoms with van der Waals surface area (Å²) in [6.45, 7) is 0. The smallest absolute Gasteiger partial charge is 0.201 e. The van der Waals surface area contributed by atoms with Crippen LogP contribution in [0.1, 0.15) is 22.6 Å². The van der Waals surface area contributed by atoms with Gasteiger partial charge in [0.25, 0.3) is 0 Å². The summed E-state index contributed by atoms with van der Waals surface area (Å²) < 4.78 is 16.1. The van der Waals surface area contributed by atoms with Crippen LogP contribution in [0.15, 0.2) is 77.9 Å². The van der Waals surface area contributed by atoms with E-state index in [4.69, 9.17) is 4.99 Å². The van der Waals surface area contributed by atoms with Crippen LogP contribution in [-0.2, 0) is 7.05 Å². The van der Waals surface area contributed by atoms with Crippen LogP contribution in [0, 0.1) is 5.82 Å². The molecule has 0 fully saturated rings. The van der Waals surface area contributed by atoms with Gasteiger partial charge in [-0.3, -0.25) is 4.99 Å². The average Bonchev–Trinajstić information content (AvgIpc) is 3.41. The van der Waals surface area contributed by atoms with Crippen LogP contribution in [0.2, 0.25) is 0 Å². The van der Waals surface area contributed by atoms with Gasteiger partial charge in [-0.1, -0.05) is 48.5 Å². The maximum absolute atomic E-state index is 14.6. The molecule has 0 amide bonds. The number of para-hydroxylation sites is 3. The van der Waals surface area contributed by atoms with E-state index < -0.39 is 0 Å². The number of aromatic amines is 1. The molecule has 2 aromatic heterocycles. The number of H-pyrrole nitrogens is 1. The molecule has 5 heteroatoms. The summed E-state index contributed by atoms with van der Waals surface area (Å²) in [6, 6.07) is 21.1. The van der Waals surface area contributed by atoms with Gasteiger partial charge in [0.2, 0.25) is 5.88 Å². The van der Waals surface area contributed by atoms with Gasteiger partial charge >= 0.3 is 0 Å². The fourth-order valence-corrected chi connectivity index (χ4v) is 4.73. The largest absolute Gasteiger partial charge is 0.494 e. The van der Waals surface area contributed by atoms with Crippen LogP contribution in [0.3, 0.4) is 0 Å². The molecular formula is C25H18FN3O. The topological polar surface area (TPSA) is 53.3 Å². The second-order valence-corrected chi connectivity index (χ2v) is 7.67. The van der Waals surface area contributed by atoms with Gasteiger partial charge < -0.3 is 14.7 Å². The van der Waals surface area contributed by atoms with E-state index in [-0.39, 0.29) is 17.6 Å². The Kier molecular flexibility index (Phi) is 3.45.